The van der Waals surface area contributed by atoms with Crippen LogP contribution in [0.25, 0.3) is 0 Å². The van der Waals surface area contributed by atoms with Gasteiger partial charge >= 0.3 is 0 Å². The van der Waals surface area contributed by atoms with Crippen LogP contribution in [0.15, 0.2) is 89.3 Å². The predicted molar refractivity (Wildman–Crippen MR) is 174 cm³/mol. The maximum atomic E-state index is 13.8. The average molecular weight is 705 g/mol. The molecule has 0 bridgehead atoms. The molecule has 9 heteroatoms. The number of allylic oxidation sites excluding steroid dienone is 4. The molecule has 8 nitrogen and oxygen atoms in total. The number of nitrogens with zero attached hydrogens (tertiary/aromatic N) is 2. The number of Topliss-reactive ketones (excluding diaryl/α,β-unsaturated/α-hetero) is 2. The molecule has 0 unspecified atom stereocenters. The van der Waals surface area contributed by atoms with E-state index in [-0.39, 0.29) is 23.9 Å². The Morgan fingerprint density at radius 2 is 1.50 bits per heavy atom. The van der Waals surface area contributed by atoms with Gasteiger partial charge in [-0.15, -0.1) is 0 Å². The Bertz CT molecular complexity index is 1640. The lowest BCUT2D eigenvalue weighted by Gasteiger charge is -2.44. The Hall–Kier alpha value is -3.99. The highest BCUT2D eigenvalue weighted by Crippen LogP contribution is 2.51. The number of halogens is 1. The number of benzene rings is 3. The first-order valence-electron chi connectivity index (χ1n) is 15.0. The summed E-state index contributed by atoms with van der Waals surface area (Å²) >= 11 is 2.22. The summed E-state index contributed by atoms with van der Waals surface area (Å²) in [7, 11) is 0. The quantitative estimate of drug-likeness (QED) is 0.127. The van der Waals surface area contributed by atoms with Gasteiger partial charge in [0.1, 0.15) is 6.61 Å². The van der Waals surface area contributed by atoms with E-state index in [4.69, 9.17) is 9.47 Å². The molecule has 0 saturated heterocycles. The van der Waals surface area contributed by atoms with Crippen LogP contribution in [-0.4, -0.2) is 28.0 Å². The van der Waals surface area contributed by atoms with Crippen LogP contribution < -0.4 is 9.47 Å². The van der Waals surface area contributed by atoms with Gasteiger partial charge < -0.3 is 14.4 Å². The highest BCUT2D eigenvalue weighted by Gasteiger charge is 2.43. The Labute approximate surface area is 270 Å². The van der Waals surface area contributed by atoms with Crippen molar-refractivity contribution in [1.29, 1.82) is 0 Å². The van der Waals surface area contributed by atoms with Gasteiger partial charge in [0.25, 0.3) is 5.69 Å². The van der Waals surface area contributed by atoms with Gasteiger partial charge in [-0.3, -0.25) is 19.7 Å². The number of carbonyl (C=O) groups excluding carboxylic acids is 2. The highest BCUT2D eigenvalue weighted by molar-refractivity contribution is 14.1. The van der Waals surface area contributed by atoms with Gasteiger partial charge in [-0.1, -0.05) is 30.3 Å². The minimum atomic E-state index is -0.455. The molecule has 3 aromatic carbocycles. The molecule has 0 N–H and O–H groups in total. The molecule has 44 heavy (non-hydrogen) atoms. The van der Waals surface area contributed by atoms with Gasteiger partial charge in [-0.25, -0.2) is 0 Å². The zero-order valence-electron chi connectivity index (χ0n) is 24.5. The number of hydrogen-bond acceptors (Lipinski definition) is 7. The molecule has 0 fully saturated rings. The van der Waals surface area contributed by atoms with Crippen molar-refractivity contribution in [1.82, 2.24) is 4.90 Å². The molecule has 0 atom stereocenters. The molecule has 226 valence electrons. The summed E-state index contributed by atoms with van der Waals surface area (Å²) in [6.07, 6.45) is 4.11. The van der Waals surface area contributed by atoms with Crippen LogP contribution in [0.1, 0.15) is 68.1 Å². The molecule has 0 spiro atoms. The van der Waals surface area contributed by atoms with Gasteiger partial charge in [0, 0.05) is 60.0 Å². The SMILES string of the molecule is CCOc1cc(C2C3=C(CCCC3=O)N(Cc3ccccc3)C3=C2C(=O)CCC3)cc(I)c1OCc1ccc([N+](=O)[O-])cc1. The second kappa shape index (κ2) is 12.9. The molecule has 1 aliphatic heterocycles. The lowest BCUT2D eigenvalue weighted by molar-refractivity contribution is -0.384. The van der Waals surface area contributed by atoms with Gasteiger partial charge in [-0.05, 0) is 96.2 Å². The fraction of sp³-hybridized carbons (Fsp3) is 0.314. The van der Waals surface area contributed by atoms with Crippen molar-refractivity contribution in [3.05, 3.63) is 120 Å². The molecule has 0 aromatic heterocycles. The Balaban J connectivity index is 1.42. The van der Waals surface area contributed by atoms with E-state index in [1.54, 1.807) is 12.1 Å². The van der Waals surface area contributed by atoms with Crippen LogP contribution in [-0.2, 0) is 22.7 Å². The Morgan fingerprint density at radius 1 is 0.864 bits per heavy atom. The van der Waals surface area contributed by atoms with E-state index >= 15 is 0 Å². The molecule has 1 heterocycles. The van der Waals surface area contributed by atoms with Crippen molar-refractivity contribution in [2.75, 3.05) is 6.61 Å². The second-order valence-electron chi connectivity index (χ2n) is 11.3. The Morgan fingerprint density at radius 3 is 2.09 bits per heavy atom. The highest BCUT2D eigenvalue weighted by atomic mass is 127. The third-order valence-electron chi connectivity index (χ3n) is 8.47. The van der Waals surface area contributed by atoms with Crippen molar-refractivity contribution in [3.8, 4) is 11.5 Å². The monoisotopic (exact) mass is 704 g/mol. The number of ketones is 2. The van der Waals surface area contributed by atoms with Crippen molar-refractivity contribution < 1.29 is 24.0 Å². The van der Waals surface area contributed by atoms with Crippen LogP contribution >= 0.6 is 22.6 Å². The van der Waals surface area contributed by atoms with Crippen LogP contribution in [0, 0.1) is 13.7 Å². The predicted octanol–water partition coefficient (Wildman–Crippen LogP) is 7.79. The third-order valence-corrected chi connectivity index (χ3v) is 9.27. The first kappa shape index (κ1) is 30.1. The second-order valence-corrected chi connectivity index (χ2v) is 12.4. The zero-order chi connectivity index (χ0) is 30.8. The fourth-order valence-electron chi connectivity index (χ4n) is 6.53. The van der Waals surface area contributed by atoms with E-state index < -0.39 is 10.8 Å². The summed E-state index contributed by atoms with van der Waals surface area (Å²) in [5.41, 5.74) is 6.35. The van der Waals surface area contributed by atoms with Crippen LogP contribution in [0.5, 0.6) is 11.5 Å². The number of nitro benzene ring substituents is 1. The average Bonchev–Trinajstić information content (AvgIpc) is 3.02. The largest absolute Gasteiger partial charge is 0.490 e. The molecule has 0 saturated carbocycles. The van der Waals surface area contributed by atoms with Gasteiger partial charge in [0.2, 0.25) is 0 Å². The first-order chi connectivity index (χ1) is 21.4. The number of carbonyl (C=O) groups is 2. The van der Waals surface area contributed by atoms with Crippen LogP contribution in [0.4, 0.5) is 5.69 Å². The van der Waals surface area contributed by atoms with Gasteiger partial charge in [0.15, 0.2) is 23.1 Å². The van der Waals surface area contributed by atoms with E-state index in [0.717, 1.165) is 68.5 Å². The maximum Gasteiger partial charge on any atom is 0.269 e. The lowest BCUT2D eigenvalue weighted by atomic mass is 9.71. The van der Waals surface area contributed by atoms with Crippen molar-refractivity contribution in [2.45, 2.75) is 64.5 Å². The van der Waals surface area contributed by atoms with Crippen LogP contribution in [0.2, 0.25) is 0 Å². The summed E-state index contributed by atoms with van der Waals surface area (Å²) in [6.45, 7) is 3.14. The molecular formula is C35H33IN2O6. The smallest absolute Gasteiger partial charge is 0.269 e. The molecule has 2 aliphatic carbocycles. The van der Waals surface area contributed by atoms with Gasteiger partial charge in [0.05, 0.1) is 15.1 Å². The van der Waals surface area contributed by atoms with Crippen molar-refractivity contribution in [3.63, 3.8) is 0 Å². The van der Waals surface area contributed by atoms with E-state index in [0.29, 0.717) is 37.5 Å². The number of hydrogen-bond donors (Lipinski definition) is 0. The van der Waals surface area contributed by atoms with E-state index in [1.807, 2.05) is 37.3 Å². The topological polar surface area (TPSA) is 99.0 Å². The normalized spacial score (nSPS) is 17.0. The first-order valence-corrected chi connectivity index (χ1v) is 16.1. The zero-order valence-corrected chi connectivity index (χ0v) is 26.7. The molecule has 0 radical (unpaired) electrons. The number of rotatable bonds is 9. The summed E-state index contributed by atoms with van der Waals surface area (Å²) < 4.78 is 13.1. The van der Waals surface area contributed by atoms with Crippen LogP contribution in [0.3, 0.4) is 0 Å². The Kier molecular flexibility index (Phi) is 8.83. The number of nitro groups is 1. The number of ether oxygens (including phenoxy) is 2. The fourth-order valence-corrected chi connectivity index (χ4v) is 7.31. The molecule has 3 aromatic rings. The van der Waals surface area contributed by atoms with E-state index in [2.05, 4.69) is 39.6 Å². The van der Waals surface area contributed by atoms with Gasteiger partial charge in [-0.2, -0.15) is 0 Å². The van der Waals surface area contributed by atoms with Crippen molar-refractivity contribution >= 4 is 39.8 Å². The van der Waals surface area contributed by atoms with E-state index in [9.17, 15) is 19.7 Å². The minimum Gasteiger partial charge on any atom is -0.490 e. The number of non-ortho nitro benzene ring substituents is 1. The standard InChI is InChI=1S/C35H33IN2O6/c1-2-43-31-19-24(18-26(36)35(31)44-21-23-14-16-25(17-15-23)38(41)42)32-33-27(10-6-12-29(33)39)37(20-22-8-4-3-5-9-22)28-11-7-13-30(40)34(28)32/h3-5,8-9,14-19,32H,2,6-7,10-13,20-21H2,1H3. The molecule has 6 rings (SSSR count). The minimum absolute atomic E-state index is 0.0226. The summed E-state index contributed by atoms with van der Waals surface area (Å²) in [5, 5.41) is 11.0. The molecule has 0 amide bonds. The van der Waals surface area contributed by atoms with Crippen molar-refractivity contribution in [2.24, 2.45) is 0 Å². The molecular weight excluding hydrogens is 671 g/mol. The summed E-state index contributed by atoms with van der Waals surface area (Å²) in [4.78, 5) is 40.4. The third kappa shape index (κ3) is 5.89. The molecule has 3 aliphatic rings. The summed E-state index contributed by atoms with van der Waals surface area (Å²) in [5.74, 6) is 0.851. The maximum absolute atomic E-state index is 13.8. The lowest BCUT2D eigenvalue weighted by Crippen LogP contribution is -2.38. The van der Waals surface area contributed by atoms with E-state index in [1.165, 1.54) is 12.1 Å². The summed E-state index contributed by atoms with van der Waals surface area (Å²) in [6, 6.07) is 20.4.